The number of ether oxygens (including phenoxy) is 1. The third-order valence-electron chi connectivity index (χ3n) is 4.98. The Morgan fingerprint density at radius 2 is 1.93 bits per heavy atom. The van der Waals surface area contributed by atoms with Gasteiger partial charge in [0.05, 0.1) is 18.5 Å². The van der Waals surface area contributed by atoms with Gasteiger partial charge in [-0.3, -0.25) is 4.79 Å². The molecular formula is C18H28ClN3O4S. The van der Waals surface area contributed by atoms with Crippen molar-refractivity contribution >= 4 is 28.3 Å². The molecule has 7 nitrogen and oxygen atoms in total. The summed E-state index contributed by atoms with van der Waals surface area (Å²) in [5.74, 6) is -0.0473. The summed E-state index contributed by atoms with van der Waals surface area (Å²) in [6, 6.07) is 8.87. The summed E-state index contributed by atoms with van der Waals surface area (Å²) in [5, 5.41) is 6.21. The van der Waals surface area contributed by atoms with Crippen LogP contribution in [0, 0.1) is 0 Å². The van der Waals surface area contributed by atoms with Gasteiger partial charge in [0.1, 0.15) is 6.04 Å². The van der Waals surface area contributed by atoms with Gasteiger partial charge < -0.3 is 15.4 Å². The molecule has 0 unspecified atom stereocenters. The highest BCUT2D eigenvalue weighted by atomic mass is 35.5. The zero-order valence-corrected chi connectivity index (χ0v) is 17.1. The number of nitrogens with zero attached hydrogens (tertiary/aromatic N) is 1. The molecule has 0 aromatic heterocycles. The first kappa shape index (κ1) is 22.1. The summed E-state index contributed by atoms with van der Waals surface area (Å²) in [6.45, 7) is 4.03. The molecule has 2 aliphatic rings. The smallest absolute Gasteiger partial charge is 0.240 e. The molecule has 2 N–H and O–H groups in total. The van der Waals surface area contributed by atoms with Crippen LogP contribution in [0.4, 0.5) is 0 Å². The lowest BCUT2D eigenvalue weighted by molar-refractivity contribution is -0.129. The van der Waals surface area contributed by atoms with Crippen molar-refractivity contribution in [3.63, 3.8) is 0 Å². The third-order valence-corrected chi connectivity index (χ3v) is 6.83. The molecule has 2 fully saturated rings. The Labute approximate surface area is 167 Å². The first-order chi connectivity index (χ1) is 12.5. The van der Waals surface area contributed by atoms with Gasteiger partial charge in [-0.25, -0.2) is 12.7 Å². The Bertz CT molecular complexity index is 709. The second-order valence-corrected chi connectivity index (χ2v) is 8.90. The summed E-state index contributed by atoms with van der Waals surface area (Å²) in [7, 11) is -3.33. The zero-order valence-electron chi connectivity index (χ0n) is 15.5. The highest BCUT2D eigenvalue weighted by Gasteiger charge is 2.32. The quantitative estimate of drug-likeness (QED) is 0.743. The Morgan fingerprint density at radius 1 is 1.26 bits per heavy atom. The molecule has 9 heteroatoms. The second kappa shape index (κ2) is 9.84. The molecule has 1 amide bonds. The molecule has 2 saturated heterocycles. The van der Waals surface area contributed by atoms with E-state index in [4.69, 9.17) is 4.74 Å². The van der Waals surface area contributed by atoms with Crippen LogP contribution in [-0.4, -0.2) is 63.1 Å². The third kappa shape index (κ3) is 5.89. The van der Waals surface area contributed by atoms with Crippen molar-refractivity contribution in [1.82, 2.24) is 14.9 Å². The molecule has 2 heterocycles. The van der Waals surface area contributed by atoms with E-state index in [1.165, 1.54) is 4.31 Å². The predicted octanol–water partition coefficient (Wildman–Crippen LogP) is 0.896. The molecular weight excluding hydrogens is 390 g/mol. The molecule has 2 aliphatic heterocycles. The Morgan fingerprint density at radius 3 is 2.56 bits per heavy atom. The molecule has 0 aliphatic carbocycles. The van der Waals surface area contributed by atoms with Gasteiger partial charge in [-0.1, -0.05) is 30.3 Å². The van der Waals surface area contributed by atoms with Crippen LogP contribution in [0.5, 0.6) is 0 Å². The maximum Gasteiger partial charge on any atom is 0.240 e. The number of carbonyl (C=O) groups excluding carboxylic acids is 1. The lowest BCUT2D eigenvalue weighted by atomic mass is 10.0. The van der Waals surface area contributed by atoms with Crippen LogP contribution in [-0.2, 0) is 25.3 Å². The molecule has 2 atom stereocenters. The van der Waals surface area contributed by atoms with Crippen molar-refractivity contribution in [2.24, 2.45) is 0 Å². The van der Waals surface area contributed by atoms with Gasteiger partial charge in [0.25, 0.3) is 0 Å². The fourth-order valence-corrected chi connectivity index (χ4v) is 5.04. The molecule has 1 aromatic rings. The number of hydrogen-bond donors (Lipinski definition) is 2. The molecule has 0 saturated carbocycles. The molecule has 0 radical (unpaired) electrons. The number of halogens is 1. The van der Waals surface area contributed by atoms with E-state index in [-0.39, 0.29) is 42.3 Å². The van der Waals surface area contributed by atoms with E-state index in [0.29, 0.717) is 39.1 Å². The van der Waals surface area contributed by atoms with Crippen LogP contribution < -0.4 is 10.6 Å². The molecule has 1 aromatic carbocycles. The maximum atomic E-state index is 12.6. The first-order valence-electron chi connectivity index (χ1n) is 9.13. The lowest BCUT2D eigenvalue weighted by Gasteiger charge is -2.34. The van der Waals surface area contributed by atoms with Crippen molar-refractivity contribution in [3.8, 4) is 0 Å². The van der Waals surface area contributed by atoms with Gasteiger partial charge in [0.2, 0.25) is 15.9 Å². The highest BCUT2D eigenvalue weighted by molar-refractivity contribution is 7.88. The molecule has 3 rings (SSSR count). The minimum absolute atomic E-state index is 0. The molecule has 0 spiro atoms. The number of amides is 1. The van der Waals surface area contributed by atoms with Gasteiger partial charge in [0.15, 0.2) is 0 Å². The van der Waals surface area contributed by atoms with E-state index in [0.717, 1.165) is 5.56 Å². The van der Waals surface area contributed by atoms with Crippen molar-refractivity contribution in [1.29, 1.82) is 0 Å². The number of morpholine rings is 1. The predicted molar refractivity (Wildman–Crippen MR) is 106 cm³/mol. The molecule has 152 valence electrons. The topological polar surface area (TPSA) is 87.7 Å². The minimum Gasteiger partial charge on any atom is -0.375 e. The maximum absolute atomic E-state index is 12.6. The highest BCUT2D eigenvalue weighted by Crippen LogP contribution is 2.18. The van der Waals surface area contributed by atoms with Gasteiger partial charge in [0, 0.05) is 25.7 Å². The Hall–Kier alpha value is -1.19. The van der Waals surface area contributed by atoms with Gasteiger partial charge in [-0.2, -0.15) is 0 Å². The number of benzene rings is 1. The fourth-order valence-electron chi connectivity index (χ4n) is 3.47. The summed E-state index contributed by atoms with van der Waals surface area (Å²) in [6.07, 6.45) is 1.10. The van der Waals surface area contributed by atoms with E-state index in [2.05, 4.69) is 10.6 Å². The number of hydrogen-bond acceptors (Lipinski definition) is 5. The van der Waals surface area contributed by atoms with Gasteiger partial charge in [-0.05, 0) is 25.3 Å². The zero-order chi connectivity index (χ0) is 18.6. The fraction of sp³-hybridized carbons (Fsp3) is 0.611. The van der Waals surface area contributed by atoms with Crippen LogP contribution in [0.1, 0.15) is 25.3 Å². The average molecular weight is 418 g/mol. The van der Waals surface area contributed by atoms with E-state index >= 15 is 0 Å². The Kier molecular flexibility index (Phi) is 8.05. The van der Waals surface area contributed by atoms with Crippen molar-refractivity contribution in [3.05, 3.63) is 35.9 Å². The van der Waals surface area contributed by atoms with Crippen LogP contribution in [0.15, 0.2) is 30.3 Å². The largest absolute Gasteiger partial charge is 0.375 e. The normalized spacial score (nSPS) is 24.8. The van der Waals surface area contributed by atoms with Crippen LogP contribution in [0.2, 0.25) is 0 Å². The van der Waals surface area contributed by atoms with Crippen LogP contribution >= 0.6 is 12.4 Å². The van der Waals surface area contributed by atoms with Crippen molar-refractivity contribution in [2.45, 2.75) is 43.7 Å². The summed E-state index contributed by atoms with van der Waals surface area (Å²) in [4.78, 5) is 12.4. The second-order valence-electron chi connectivity index (χ2n) is 6.93. The standard InChI is InChI=1S/C18H27N3O4S.ClH/c1-14-17(19-9-12-25-14)18(22)20-16-7-10-21(11-8-16)26(23,24)13-15-5-3-2-4-6-15;/h2-6,14,16-17,19H,7-13H2,1H3,(H,20,22);1H/t14-,17+;/m1./s1. The Balaban J connectivity index is 0.00000261. The molecule has 0 bridgehead atoms. The minimum atomic E-state index is -3.33. The first-order valence-corrected chi connectivity index (χ1v) is 10.7. The SMILES string of the molecule is C[C@H]1OCCN[C@@H]1C(=O)NC1CCN(S(=O)(=O)Cc2ccccc2)CC1.Cl. The number of carbonyl (C=O) groups is 1. The number of sulfonamides is 1. The van der Waals surface area contributed by atoms with E-state index in [1.54, 1.807) is 0 Å². The average Bonchev–Trinajstić information content (AvgIpc) is 2.63. The van der Waals surface area contributed by atoms with Crippen LogP contribution in [0.3, 0.4) is 0 Å². The van der Waals surface area contributed by atoms with Gasteiger partial charge in [-0.15, -0.1) is 12.4 Å². The van der Waals surface area contributed by atoms with Crippen LogP contribution in [0.25, 0.3) is 0 Å². The van der Waals surface area contributed by atoms with Crippen molar-refractivity contribution < 1.29 is 17.9 Å². The lowest BCUT2D eigenvalue weighted by Crippen LogP contribution is -2.58. The summed E-state index contributed by atoms with van der Waals surface area (Å²) >= 11 is 0. The monoisotopic (exact) mass is 417 g/mol. The molecule has 27 heavy (non-hydrogen) atoms. The van der Waals surface area contributed by atoms with E-state index in [9.17, 15) is 13.2 Å². The summed E-state index contributed by atoms with van der Waals surface area (Å²) in [5.41, 5.74) is 0.792. The number of rotatable bonds is 5. The van der Waals surface area contributed by atoms with E-state index in [1.807, 2.05) is 37.3 Å². The van der Waals surface area contributed by atoms with E-state index < -0.39 is 10.0 Å². The van der Waals surface area contributed by atoms with Gasteiger partial charge >= 0.3 is 0 Å². The van der Waals surface area contributed by atoms with Crippen molar-refractivity contribution in [2.75, 3.05) is 26.2 Å². The number of nitrogens with one attached hydrogen (secondary N) is 2. The number of piperidine rings is 1. The summed E-state index contributed by atoms with van der Waals surface area (Å²) < 4.78 is 32.2.